The average molecular weight is 876 g/mol. The molecule has 47 heavy (non-hydrogen) atoms. The van der Waals surface area contributed by atoms with E-state index >= 15 is 0 Å². The molecule has 2 rings (SSSR count). The standard InChI is InChI=1S/C20H29IN2O4.C16H22INO2/c1-15(7-12-18(24)22(5)6)23(19(25)27-20(2,3)4)13-14-26-17-10-8-16(21)9-11-17;1-13(6-11-16(19)18(2)3)5-4-12-20-15-9-7-14(17)8-10-15/h7-12,15H,13-14H2,1-6H3;6-11,13H,4-5,12H2,1-3H3/b12-7+;11-6+. The van der Waals surface area contributed by atoms with Crippen molar-refractivity contribution >= 4 is 63.1 Å². The number of likely N-dealkylation sites (N-methyl/N-ethyl adjacent to an activating group) is 2. The molecule has 0 heterocycles. The summed E-state index contributed by atoms with van der Waals surface area (Å²) in [5.41, 5.74) is -0.602. The molecule has 2 aromatic carbocycles. The van der Waals surface area contributed by atoms with Gasteiger partial charge in [-0.1, -0.05) is 19.1 Å². The van der Waals surface area contributed by atoms with Gasteiger partial charge in [0.25, 0.3) is 0 Å². The van der Waals surface area contributed by atoms with Crippen LogP contribution < -0.4 is 9.47 Å². The third-order valence-electron chi connectivity index (χ3n) is 6.39. The van der Waals surface area contributed by atoms with Gasteiger partial charge in [0.15, 0.2) is 0 Å². The second-order valence-electron chi connectivity index (χ2n) is 12.3. The minimum atomic E-state index is -0.602. The smallest absolute Gasteiger partial charge is 0.410 e. The molecule has 0 N–H and O–H groups in total. The van der Waals surface area contributed by atoms with Crippen molar-refractivity contribution in [2.24, 2.45) is 5.92 Å². The molecule has 2 aromatic rings. The molecule has 0 aliphatic rings. The van der Waals surface area contributed by atoms with Gasteiger partial charge in [0.05, 0.1) is 19.2 Å². The van der Waals surface area contributed by atoms with Crippen LogP contribution in [0.5, 0.6) is 11.5 Å². The predicted octanol–water partition coefficient (Wildman–Crippen LogP) is 7.67. The van der Waals surface area contributed by atoms with E-state index in [1.807, 2.05) is 82.3 Å². The van der Waals surface area contributed by atoms with Crippen LogP contribution in [0.25, 0.3) is 0 Å². The first-order valence-corrected chi connectivity index (χ1v) is 17.7. The molecular formula is C36H51I2N3O6. The van der Waals surface area contributed by atoms with E-state index in [0.29, 0.717) is 25.7 Å². The molecular weight excluding hydrogens is 824 g/mol. The van der Waals surface area contributed by atoms with E-state index < -0.39 is 11.7 Å². The zero-order chi connectivity index (χ0) is 35.6. The van der Waals surface area contributed by atoms with Gasteiger partial charge >= 0.3 is 6.09 Å². The van der Waals surface area contributed by atoms with Crippen molar-refractivity contribution in [2.75, 3.05) is 47.9 Å². The lowest BCUT2D eigenvalue weighted by Crippen LogP contribution is -2.43. The van der Waals surface area contributed by atoms with Crippen LogP contribution in [0.4, 0.5) is 4.79 Å². The van der Waals surface area contributed by atoms with Crippen LogP contribution in [-0.4, -0.2) is 92.2 Å². The Balaban J connectivity index is 0.000000491. The fourth-order valence-corrected chi connectivity index (χ4v) is 4.39. The lowest BCUT2D eigenvalue weighted by Gasteiger charge is -2.30. The Bertz CT molecular complexity index is 1290. The predicted molar refractivity (Wildman–Crippen MR) is 206 cm³/mol. The molecule has 0 bridgehead atoms. The van der Waals surface area contributed by atoms with Crippen LogP contribution in [-0.2, 0) is 14.3 Å². The maximum Gasteiger partial charge on any atom is 0.410 e. The van der Waals surface area contributed by atoms with Crippen molar-refractivity contribution < 1.29 is 28.6 Å². The highest BCUT2D eigenvalue weighted by Crippen LogP contribution is 2.17. The highest BCUT2D eigenvalue weighted by molar-refractivity contribution is 14.1. The summed E-state index contributed by atoms with van der Waals surface area (Å²) in [6, 6.07) is 15.4. The number of rotatable bonds is 14. The fraction of sp³-hybridized carbons (Fsp3) is 0.472. The minimum Gasteiger partial charge on any atom is -0.494 e. The van der Waals surface area contributed by atoms with Gasteiger partial charge in [-0.2, -0.15) is 0 Å². The molecule has 2 atom stereocenters. The van der Waals surface area contributed by atoms with Gasteiger partial charge in [0.2, 0.25) is 11.8 Å². The zero-order valence-electron chi connectivity index (χ0n) is 29.2. The Labute approximate surface area is 309 Å². The van der Waals surface area contributed by atoms with Crippen molar-refractivity contribution in [3.8, 4) is 11.5 Å². The Hall–Kier alpha value is -2.81. The fourth-order valence-electron chi connectivity index (χ4n) is 3.67. The average Bonchev–Trinajstić information content (AvgIpc) is 2.99. The Morgan fingerprint density at radius 3 is 1.64 bits per heavy atom. The number of ether oxygens (including phenoxy) is 3. The molecule has 0 aromatic heterocycles. The summed E-state index contributed by atoms with van der Waals surface area (Å²) in [5.74, 6) is 1.94. The molecule has 3 amide bonds. The molecule has 2 unspecified atom stereocenters. The van der Waals surface area contributed by atoms with Gasteiger partial charge in [0.1, 0.15) is 23.7 Å². The second-order valence-corrected chi connectivity index (χ2v) is 14.8. The van der Waals surface area contributed by atoms with Crippen LogP contribution >= 0.6 is 45.2 Å². The van der Waals surface area contributed by atoms with Crippen LogP contribution in [0.2, 0.25) is 0 Å². The van der Waals surface area contributed by atoms with Crippen LogP contribution in [0.15, 0.2) is 72.8 Å². The summed E-state index contributed by atoms with van der Waals surface area (Å²) in [6.07, 6.45) is 8.31. The molecule has 0 spiro atoms. The summed E-state index contributed by atoms with van der Waals surface area (Å²) >= 11 is 4.50. The first-order valence-electron chi connectivity index (χ1n) is 15.5. The third kappa shape index (κ3) is 19.6. The van der Waals surface area contributed by atoms with Crippen molar-refractivity contribution in [2.45, 2.75) is 59.1 Å². The molecule has 260 valence electrons. The maximum absolute atomic E-state index is 12.6. The number of carbonyl (C=O) groups excluding carboxylic acids is 3. The number of benzene rings is 2. The quantitative estimate of drug-likeness (QED) is 0.110. The van der Waals surface area contributed by atoms with E-state index in [-0.39, 0.29) is 17.9 Å². The SMILES string of the molecule is CC(/C=C/C(=O)N(C)C)CCCOc1ccc(I)cc1.CC(/C=C/C(=O)N(C)C)N(CCOc1ccc(I)cc1)C(=O)OC(C)(C)C. The molecule has 0 saturated carbocycles. The third-order valence-corrected chi connectivity index (χ3v) is 7.82. The number of hydrogen-bond donors (Lipinski definition) is 0. The van der Waals surface area contributed by atoms with Gasteiger partial charge < -0.3 is 24.0 Å². The highest BCUT2D eigenvalue weighted by atomic mass is 127. The number of allylic oxidation sites excluding steroid dienone is 1. The summed E-state index contributed by atoms with van der Waals surface area (Å²) in [6.45, 7) is 10.8. The topological polar surface area (TPSA) is 88.6 Å². The molecule has 0 radical (unpaired) electrons. The van der Waals surface area contributed by atoms with E-state index in [0.717, 1.165) is 27.9 Å². The molecule has 0 saturated heterocycles. The zero-order valence-corrected chi connectivity index (χ0v) is 33.5. The van der Waals surface area contributed by atoms with Crippen LogP contribution in [0, 0.1) is 13.1 Å². The summed E-state index contributed by atoms with van der Waals surface area (Å²) < 4.78 is 19.2. The van der Waals surface area contributed by atoms with Gasteiger partial charge in [-0.25, -0.2) is 4.79 Å². The van der Waals surface area contributed by atoms with Gasteiger partial charge in [-0.15, -0.1) is 0 Å². The summed E-state index contributed by atoms with van der Waals surface area (Å²) in [4.78, 5) is 40.4. The number of halogens is 2. The number of hydrogen-bond acceptors (Lipinski definition) is 6. The second kappa shape index (κ2) is 21.9. The van der Waals surface area contributed by atoms with Crippen molar-refractivity contribution in [1.82, 2.24) is 14.7 Å². The van der Waals surface area contributed by atoms with E-state index in [4.69, 9.17) is 14.2 Å². The van der Waals surface area contributed by atoms with Crippen molar-refractivity contribution in [3.05, 3.63) is 80.0 Å². The molecule has 0 aliphatic heterocycles. The molecule has 0 fully saturated rings. The van der Waals surface area contributed by atoms with Crippen LogP contribution in [0.1, 0.15) is 47.5 Å². The highest BCUT2D eigenvalue weighted by Gasteiger charge is 2.25. The van der Waals surface area contributed by atoms with Crippen LogP contribution in [0.3, 0.4) is 0 Å². The summed E-state index contributed by atoms with van der Waals surface area (Å²) in [7, 11) is 6.87. The number of carbonyl (C=O) groups is 3. The Morgan fingerprint density at radius 2 is 1.19 bits per heavy atom. The monoisotopic (exact) mass is 875 g/mol. The largest absolute Gasteiger partial charge is 0.494 e. The molecule has 11 heteroatoms. The lowest BCUT2D eigenvalue weighted by molar-refractivity contribution is -0.124. The van der Waals surface area contributed by atoms with Gasteiger partial charge in [0, 0.05) is 41.4 Å². The first kappa shape index (κ1) is 42.2. The normalized spacial score (nSPS) is 12.5. The number of amides is 3. The Morgan fingerprint density at radius 1 is 0.745 bits per heavy atom. The van der Waals surface area contributed by atoms with Gasteiger partial charge in [-0.05, 0) is 146 Å². The van der Waals surface area contributed by atoms with E-state index in [1.54, 1.807) is 50.1 Å². The summed E-state index contributed by atoms with van der Waals surface area (Å²) in [5, 5.41) is 0. The van der Waals surface area contributed by atoms with Crippen molar-refractivity contribution in [1.29, 1.82) is 0 Å². The first-order chi connectivity index (χ1) is 22.0. The molecule has 9 nitrogen and oxygen atoms in total. The number of nitrogens with zero attached hydrogens (tertiary/aromatic N) is 3. The van der Waals surface area contributed by atoms with E-state index in [1.165, 1.54) is 14.5 Å². The van der Waals surface area contributed by atoms with E-state index in [2.05, 4.69) is 52.1 Å². The Kier molecular flexibility index (Phi) is 19.7. The van der Waals surface area contributed by atoms with Gasteiger partial charge in [-0.3, -0.25) is 14.5 Å². The maximum atomic E-state index is 12.6. The lowest BCUT2D eigenvalue weighted by atomic mass is 10.1. The van der Waals surface area contributed by atoms with Crippen molar-refractivity contribution in [3.63, 3.8) is 0 Å². The minimum absolute atomic E-state index is 0.0342. The van der Waals surface area contributed by atoms with E-state index in [9.17, 15) is 14.4 Å². The molecule has 0 aliphatic carbocycles.